The van der Waals surface area contributed by atoms with E-state index in [0.29, 0.717) is 13.6 Å². The Morgan fingerprint density at radius 2 is 2.30 bits per heavy atom. The molecule has 102 valence electrons. The van der Waals surface area contributed by atoms with E-state index in [1.807, 2.05) is 22.6 Å². The van der Waals surface area contributed by atoms with Gasteiger partial charge < -0.3 is 5.11 Å². The minimum absolute atomic E-state index is 0.183. The number of halogens is 2. The third kappa shape index (κ3) is 3.76. The fraction of sp³-hybridized carbons (Fsp3) is 0. The molecule has 2 aromatic rings. The summed E-state index contributed by atoms with van der Waals surface area (Å²) in [6, 6.07) is 6.79. The third-order valence-electron chi connectivity index (χ3n) is 2.34. The number of rotatable bonds is 3. The molecule has 0 spiro atoms. The lowest BCUT2D eigenvalue weighted by atomic mass is 10.2. The Morgan fingerprint density at radius 3 is 2.95 bits per heavy atom. The highest BCUT2D eigenvalue weighted by Gasteiger charge is 2.05. The minimum atomic E-state index is -0.332. The van der Waals surface area contributed by atoms with E-state index in [1.54, 1.807) is 30.5 Å². The molecule has 0 saturated carbocycles. The van der Waals surface area contributed by atoms with Crippen LogP contribution in [-0.4, -0.2) is 22.2 Å². The van der Waals surface area contributed by atoms with E-state index in [4.69, 9.17) is 0 Å². The average molecular weight is 446 g/mol. The first-order valence-electron chi connectivity index (χ1n) is 5.49. The van der Waals surface area contributed by atoms with Gasteiger partial charge in [0.1, 0.15) is 5.75 Å². The lowest BCUT2D eigenvalue weighted by Gasteiger charge is -2.02. The Hall–Kier alpha value is -1.48. The molecule has 1 aromatic carbocycles. The monoisotopic (exact) mass is 445 g/mol. The molecule has 5 nitrogen and oxygen atoms in total. The van der Waals surface area contributed by atoms with Crippen molar-refractivity contribution in [2.45, 2.75) is 0 Å². The summed E-state index contributed by atoms with van der Waals surface area (Å²) in [5.74, 6) is -0.149. The molecule has 0 aliphatic carbocycles. The third-order valence-corrected chi connectivity index (χ3v) is 3.77. The molecule has 2 rings (SSSR count). The van der Waals surface area contributed by atoms with Gasteiger partial charge >= 0.3 is 0 Å². The summed E-state index contributed by atoms with van der Waals surface area (Å²) >= 11 is 5.26. The van der Waals surface area contributed by atoms with Gasteiger partial charge in [-0.3, -0.25) is 9.78 Å². The smallest absolute Gasteiger partial charge is 0.272 e. The molecule has 0 saturated heterocycles. The van der Waals surface area contributed by atoms with E-state index in [0.717, 1.165) is 5.56 Å². The lowest BCUT2D eigenvalue weighted by Crippen LogP contribution is -2.17. The molecular weight excluding hydrogens is 437 g/mol. The Balaban J connectivity index is 2.06. The predicted octanol–water partition coefficient (Wildman–Crippen LogP) is 2.92. The van der Waals surface area contributed by atoms with Gasteiger partial charge in [0.05, 0.1) is 19.8 Å². The van der Waals surface area contributed by atoms with Crippen LogP contribution in [0, 0.1) is 3.57 Å². The lowest BCUT2D eigenvalue weighted by molar-refractivity contribution is 0.0955. The number of nitrogens with zero attached hydrogens (tertiary/aromatic N) is 2. The average Bonchev–Trinajstić information content (AvgIpc) is 2.45. The molecule has 0 radical (unpaired) electrons. The quantitative estimate of drug-likeness (QED) is 0.433. The topological polar surface area (TPSA) is 74.6 Å². The van der Waals surface area contributed by atoms with Crippen molar-refractivity contribution in [3.8, 4) is 5.75 Å². The summed E-state index contributed by atoms with van der Waals surface area (Å²) < 4.78 is 1.27. The van der Waals surface area contributed by atoms with Gasteiger partial charge in [-0.05, 0) is 68.3 Å². The van der Waals surface area contributed by atoms with E-state index < -0.39 is 0 Å². The molecule has 0 aliphatic heterocycles. The SMILES string of the molecule is O=C(N/N=C\c1cc(Br)c(O)c(I)c1)c1cccnc1. The maximum atomic E-state index is 11.7. The summed E-state index contributed by atoms with van der Waals surface area (Å²) in [7, 11) is 0. The van der Waals surface area contributed by atoms with Gasteiger partial charge in [-0.1, -0.05) is 0 Å². The summed E-state index contributed by atoms with van der Waals surface area (Å²) in [4.78, 5) is 15.6. The van der Waals surface area contributed by atoms with E-state index in [2.05, 4.69) is 31.4 Å². The molecule has 2 N–H and O–H groups in total. The second kappa shape index (κ2) is 6.80. The number of amides is 1. The molecule has 20 heavy (non-hydrogen) atoms. The number of carbonyl (C=O) groups excluding carboxylic acids is 1. The van der Waals surface area contributed by atoms with Crippen LogP contribution in [0.4, 0.5) is 0 Å². The molecule has 0 unspecified atom stereocenters. The van der Waals surface area contributed by atoms with Gasteiger partial charge in [-0.15, -0.1) is 0 Å². The number of phenolic OH excluding ortho intramolecular Hbond substituents is 1. The van der Waals surface area contributed by atoms with Crippen LogP contribution in [0.3, 0.4) is 0 Å². The summed E-state index contributed by atoms with van der Waals surface area (Å²) in [6.45, 7) is 0. The highest BCUT2D eigenvalue weighted by atomic mass is 127. The van der Waals surface area contributed by atoms with E-state index in [1.165, 1.54) is 12.4 Å². The van der Waals surface area contributed by atoms with Crippen molar-refractivity contribution in [2.75, 3.05) is 0 Å². The first kappa shape index (κ1) is 14.9. The van der Waals surface area contributed by atoms with Crippen LogP contribution >= 0.6 is 38.5 Å². The summed E-state index contributed by atoms with van der Waals surface area (Å²) in [5.41, 5.74) is 3.60. The second-order valence-corrected chi connectivity index (χ2v) is 5.79. The fourth-order valence-electron chi connectivity index (χ4n) is 1.39. The number of pyridine rings is 1. The number of aromatic nitrogens is 1. The van der Waals surface area contributed by atoms with Gasteiger partial charge in [0.2, 0.25) is 0 Å². The van der Waals surface area contributed by atoms with Gasteiger partial charge in [0.15, 0.2) is 0 Å². The van der Waals surface area contributed by atoms with Gasteiger partial charge in [0, 0.05) is 12.4 Å². The first-order valence-corrected chi connectivity index (χ1v) is 7.36. The number of carbonyl (C=O) groups is 1. The number of benzene rings is 1. The number of aromatic hydroxyl groups is 1. The van der Waals surface area contributed by atoms with Crippen LogP contribution in [0.5, 0.6) is 5.75 Å². The van der Waals surface area contributed by atoms with Crippen LogP contribution in [0.1, 0.15) is 15.9 Å². The molecule has 7 heteroatoms. The van der Waals surface area contributed by atoms with Crippen LogP contribution in [0.25, 0.3) is 0 Å². The molecule has 0 bridgehead atoms. The Bertz CT molecular complexity index is 639. The highest BCUT2D eigenvalue weighted by molar-refractivity contribution is 14.1. The molecule has 1 aromatic heterocycles. The standard InChI is InChI=1S/C13H9BrIN3O2/c14-10-4-8(5-11(15)12(10)19)6-17-18-13(20)9-2-1-3-16-7-9/h1-7,19H,(H,18,20)/b17-6-. The van der Waals surface area contributed by atoms with Crippen LogP contribution in [-0.2, 0) is 0 Å². The van der Waals surface area contributed by atoms with Crippen molar-refractivity contribution in [3.05, 3.63) is 55.8 Å². The zero-order chi connectivity index (χ0) is 14.5. The molecule has 0 fully saturated rings. The van der Waals surface area contributed by atoms with Crippen LogP contribution in [0.2, 0.25) is 0 Å². The first-order chi connectivity index (χ1) is 9.58. The van der Waals surface area contributed by atoms with Crippen LogP contribution in [0.15, 0.2) is 46.2 Å². The van der Waals surface area contributed by atoms with Crippen molar-refractivity contribution >= 4 is 50.6 Å². The van der Waals surface area contributed by atoms with Crippen molar-refractivity contribution < 1.29 is 9.90 Å². The Kier molecular flexibility index (Phi) is 5.07. The maximum Gasteiger partial charge on any atom is 0.272 e. The van der Waals surface area contributed by atoms with Gasteiger partial charge in [0.25, 0.3) is 5.91 Å². The highest BCUT2D eigenvalue weighted by Crippen LogP contribution is 2.29. The summed E-state index contributed by atoms with van der Waals surface area (Å²) in [5, 5.41) is 13.5. The molecule has 0 atom stereocenters. The van der Waals surface area contributed by atoms with E-state index in [-0.39, 0.29) is 11.7 Å². The number of hydrogen-bond donors (Lipinski definition) is 2. The zero-order valence-corrected chi connectivity index (χ0v) is 13.8. The number of phenols is 1. The molecule has 0 aliphatic rings. The fourth-order valence-corrected chi connectivity index (χ4v) is 2.89. The van der Waals surface area contributed by atoms with Crippen molar-refractivity contribution in [1.82, 2.24) is 10.4 Å². The molecular formula is C13H9BrIN3O2. The van der Waals surface area contributed by atoms with Crippen molar-refractivity contribution in [1.29, 1.82) is 0 Å². The van der Waals surface area contributed by atoms with Crippen molar-refractivity contribution in [2.24, 2.45) is 5.10 Å². The summed E-state index contributed by atoms with van der Waals surface area (Å²) in [6.07, 6.45) is 4.56. The molecule has 1 heterocycles. The zero-order valence-electron chi connectivity index (χ0n) is 10.0. The van der Waals surface area contributed by atoms with Crippen molar-refractivity contribution in [3.63, 3.8) is 0 Å². The predicted molar refractivity (Wildman–Crippen MR) is 87.8 cm³/mol. The van der Waals surface area contributed by atoms with Crippen LogP contribution < -0.4 is 5.43 Å². The Morgan fingerprint density at radius 1 is 1.50 bits per heavy atom. The minimum Gasteiger partial charge on any atom is -0.506 e. The van der Waals surface area contributed by atoms with Gasteiger partial charge in [-0.2, -0.15) is 5.10 Å². The number of hydrogen-bond acceptors (Lipinski definition) is 4. The molecule has 1 amide bonds. The number of nitrogens with one attached hydrogen (secondary N) is 1. The second-order valence-electron chi connectivity index (χ2n) is 3.77. The number of hydrazone groups is 1. The normalized spacial score (nSPS) is 10.7. The van der Waals surface area contributed by atoms with Gasteiger partial charge in [-0.25, -0.2) is 5.43 Å². The Labute approximate surface area is 137 Å². The van der Waals surface area contributed by atoms with E-state index >= 15 is 0 Å². The maximum absolute atomic E-state index is 11.7. The largest absolute Gasteiger partial charge is 0.506 e. The van der Waals surface area contributed by atoms with E-state index in [9.17, 15) is 9.90 Å².